The maximum absolute atomic E-state index is 5.67. The second-order valence-corrected chi connectivity index (χ2v) is 4.31. The average molecular weight is 239 g/mol. The molecule has 0 aliphatic heterocycles. The number of halogens is 1. The summed E-state index contributed by atoms with van der Waals surface area (Å²) in [5, 5.41) is 5.02. The highest BCUT2D eigenvalue weighted by Crippen LogP contribution is 2.26. The van der Waals surface area contributed by atoms with E-state index in [1.807, 2.05) is 6.08 Å². The van der Waals surface area contributed by atoms with Crippen molar-refractivity contribution in [2.75, 3.05) is 0 Å². The Balaban J connectivity index is 2.43. The molecular weight excluding hydrogens is 228 g/mol. The summed E-state index contributed by atoms with van der Waals surface area (Å²) >= 11 is 5.67. The molecule has 0 heterocycles. The lowest BCUT2D eigenvalue weighted by Gasteiger charge is -2.05. The van der Waals surface area contributed by atoms with Gasteiger partial charge in [0.05, 0.1) is 0 Å². The summed E-state index contributed by atoms with van der Waals surface area (Å²) in [6.07, 6.45) is 1.93. The molecule has 3 rings (SSSR count). The highest BCUT2D eigenvalue weighted by Gasteiger charge is 2.00. The van der Waals surface area contributed by atoms with Crippen LogP contribution in [0.4, 0.5) is 0 Å². The minimum Gasteiger partial charge on any atom is -0.0929 e. The second-order valence-electron chi connectivity index (χ2n) is 4.06. The van der Waals surface area contributed by atoms with Gasteiger partial charge in [0.1, 0.15) is 0 Å². The topological polar surface area (TPSA) is 0 Å². The van der Waals surface area contributed by atoms with Crippen molar-refractivity contribution in [3.05, 3.63) is 65.7 Å². The summed E-state index contributed by atoms with van der Waals surface area (Å²) in [6, 6.07) is 19.1. The van der Waals surface area contributed by atoms with Gasteiger partial charge in [0.15, 0.2) is 0 Å². The van der Waals surface area contributed by atoms with Gasteiger partial charge < -0.3 is 0 Å². The summed E-state index contributed by atoms with van der Waals surface area (Å²) in [5.74, 6) is 0. The number of hydrogen-bond donors (Lipinski definition) is 0. The predicted molar refractivity (Wildman–Crippen MR) is 76.3 cm³/mol. The standard InChI is InChI=1S/C16H11Cl/c17-9-8-12-6-3-7-15-10-13-4-1-2-5-14(13)11-16(12)15/h1-11H/b9-8+. The van der Waals surface area contributed by atoms with Crippen molar-refractivity contribution < 1.29 is 0 Å². The molecule has 1 heteroatoms. The van der Waals surface area contributed by atoms with Gasteiger partial charge in [-0.25, -0.2) is 0 Å². The Morgan fingerprint density at radius 3 is 2.24 bits per heavy atom. The van der Waals surface area contributed by atoms with E-state index in [0.29, 0.717) is 0 Å². The molecule has 0 atom stereocenters. The van der Waals surface area contributed by atoms with Gasteiger partial charge >= 0.3 is 0 Å². The van der Waals surface area contributed by atoms with Crippen LogP contribution in [0.3, 0.4) is 0 Å². The normalized spacial score (nSPS) is 11.6. The largest absolute Gasteiger partial charge is 0.0929 e. The van der Waals surface area contributed by atoms with E-state index in [0.717, 1.165) is 5.56 Å². The van der Waals surface area contributed by atoms with Gasteiger partial charge in [-0.2, -0.15) is 0 Å². The van der Waals surface area contributed by atoms with Crippen LogP contribution >= 0.6 is 11.6 Å². The van der Waals surface area contributed by atoms with Crippen molar-refractivity contribution in [2.45, 2.75) is 0 Å². The number of fused-ring (bicyclic) bond motifs is 2. The first-order chi connectivity index (χ1) is 8.38. The lowest BCUT2D eigenvalue weighted by atomic mass is 10.00. The molecule has 0 radical (unpaired) electrons. The minimum atomic E-state index is 1.16. The molecule has 0 unspecified atom stereocenters. The second kappa shape index (κ2) is 4.23. The van der Waals surface area contributed by atoms with Crippen LogP contribution < -0.4 is 0 Å². The Kier molecular flexibility index (Phi) is 2.58. The van der Waals surface area contributed by atoms with E-state index >= 15 is 0 Å². The molecule has 0 N–H and O–H groups in total. The molecule has 17 heavy (non-hydrogen) atoms. The first-order valence-corrected chi connectivity index (χ1v) is 6.00. The average Bonchev–Trinajstić information content (AvgIpc) is 2.37. The smallest absolute Gasteiger partial charge is 0.00486 e. The molecule has 0 aromatic heterocycles. The van der Waals surface area contributed by atoms with E-state index in [9.17, 15) is 0 Å². The molecule has 0 amide bonds. The van der Waals surface area contributed by atoms with Crippen LogP contribution in [-0.4, -0.2) is 0 Å². The monoisotopic (exact) mass is 238 g/mol. The first kappa shape index (κ1) is 10.4. The zero-order valence-electron chi connectivity index (χ0n) is 9.23. The van der Waals surface area contributed by atoms with Gasteiger partial charge in [-0.05, 0) is 45.3 Å². The molecule has 0 saturated carbocycles. The van der Waals surface area contributed by atoms with Crippen LogP contribution in [0.2, 0.25) is 0 Å². The molecule has 0 spiro atoms. The van der Waals surface area contributed by atoms with Crippen LogP contribution in [0, 0.1) is 0 Å². The SMILES string of the molecule is Cl/C=C/c1cccc2cc3ccccc3cc12. The van der Waals surface area contributed by atoms with Gasteiger partial charge in [0.25, 0.3) is 0 Å². The molecule has 0 saturated heterocycles. The van der Waals surface area contributed by atoms with E-state index in [1.165, 1.54) is 21.5 Å². The fourth-order valence-corrected chi connectivity index (χ4v) is 2.34. The third kappa shape index (κ3) is 1.81. The summed E-state index contributed by atoms with van der Waals surface area (Å²) in [5.41, 5.74) is 2.72. The molecule has 0 fully saturated rings. The van der Waals surface area contributed by atoms with Gasteiger partial charge in [-0.3, -0.25) is 0 Å². The Hall–Kier alpha value is -1.79. The van der Waals surface area contributed by atoms with Crippen molar-refractivity contribution in [2.24, 2.45) is 0 Å². The Bertz CT molecular complexity index is 711. The van der Waals surface area contributed by atoms with Crippen LogP contribution in [0.15, 0.2) is 60.1 Å². The lowest BCUT2D eigenvalue weighted by molar-refractivity contribution is 1.73. The van der Waals surface area contributed by atoms with E-state index in [2.05, 4.69) is 54.6 Å². The summed E-state index contributed by atoms with van der Waals surface area (Å²) in [7, 11) is 0. The molecule has 0 aliphatic carbocycles. The highest BCUT2D eigenvalue weighted by atomic mass is 35.5. The highest BCUT2D eigenvalue weighted by molar-refractivity contribution is 6.27. The van der Waals surface area contributed by atoms with Gasteiger partial charge in [0, 0.05) is 5.54 Å². The maximum atomic E-state index is 5.67. The van der Waals surface area contributed by atoms with Gasteiger partial charge in [-0.1, -0.05) is 54.1 Å². The molecule has 82 valence electrons. The van der Waals surface area contributed by atoms with E-state index in [4.69, 9.17) is 11.6 Å². The van der Waals surface area contributed by atoms with Crippen molar-refractivity contribution >= 4 is 39.2 Å². The number of hydrogen-bond acceptors (Lipinski definition) is 0. The van der Waals surface area contributed by atoms with E-state index in [-0.39, 0.29) is 0 Å². The Morgan fingerprint density at radius 2 is 1.47 bits per heavy atom. The van der Waals surface area contributed by atoms with Crippen LogP contribution in [0.5, 0.6) is 0 Å². The first-order valence-electron chi connectivity index (χ1n) is 5.57. The molecule has 0 nitrogen and oxygen atoms in total. The maximum Gasteiger partial charge on any atom is 0.00486 e. The molecule has 3 aromatic rings. The van der Waals surface area contributed by atoms with Crippen LogP contribution in [0.25, 0.3) is 27.6 Å². The third-order valence-electron chi connectivity index (χ3n) is 3.02. The van der Waals surface area contributed by atoms with Crippen molar-refractivity contribution in [1.29, 1.82) is 0 Å². The van der Waals surface area contributed by atoms with Crippen LogP contribution in [-0.2, 0) is 0 Å². The van der Waals surface area contributed by atoms with Crippen LogP contribution in [0.1, 0.15) is 5.56 Å². The fourth-order valence-electron chi connectivity index (χ4n) is 2.20. The lowest BCUT2D eigenvalue weighted by Crippen LogP contribution is -1.79. The quantitative estimate of drug-likeness (QED) is 0.511. The van der Waals surface area contributed by atoms with Crippen molar-refractivity contribution in [1.82, 2.24) is 0 Å². The molecular formula is C16H11Cl. The zero-order chi connectivity index (χ0) is 11.7. The molecule has 3 aromatic carbocycles. The van der Waals surface area contributed by atoms with Crippen molar-refractivity contribution in [3.8, 4) is 0 Å². The van der Waals surface area contributed by atoms with E-state index in [1.54, 1.807) is 5.54 Å². The van der Waals surface area contributed by atoms with Crippen molar-refractivity contribution in [3.63, 3.8) is 0 Å². The Morgan fingerprint density at radius 1 is 0.765 bits per heavy atom. The minimum absolute atomic E-state index is 1.16. The number of rotatable bonds is 1. The zero-order valence-corrected chi connectivity index (χ0v) is 9.98. The number of benzene rings is 3. The fraction of sp³-hybridized carbons (Fsp3) is 0. The third-order valence-corrected chi connectivity index (χ3v) is 3.15. The molecule has 0 bridgehead atoms. The van der Waals surface area contributed by atoms with E-state index < -0.39 is 0 Å². The predicted octanol–water partition coefficient (Wildman–Crippen LogP) is 5.20. The summed E-state index contributed by atoms with van der Waals surface area (Å²) in [4.78, 5) is 0. The summed E-state index contributed by atoms with van der Waals surface area (Å²) < 4.78 is 0. The summed E-state index contributed by atoms with van der Waals surface area (Å²) in [6.45, 7) is 0. The van der Waals surface area contributed by atoms with Gasteiger partial charge in [-0.15, -0.1) is 0 Å². The Labute approximate surface area is 105 Å². The van der Waals surface area contributed by atoms with Gasteiger partial charge in [0.2, 0.25) is 0 Å². The molecule has 0 aliphatic rings.